The Labute approximate surface area is 173 Å². The number of aromatic nitrogens is 1. The van der Waals surface area contributed by atoms with Crippen molar-refractivity contribution in [1.29, 1.82) is 0 Å². The number of hydrogen-bond donors (Lipinski definition) is 0. The summed E-state index contributed by atoms with van der Waals surface area (Å²) in [5.74, 6) is 2.14. The van der Waals surface area contributed by atoms with Crippen LogP contribution in [-0.4, -0.2) is 55.2 Å². The summed E-state index contributed by atoms with van der Waals surface area (Å²) in [6.45, 7) is 3.95. The minimum absolute atomic E-state index is 0.0780. The molecule has 148 valence electrons. The van der Waals surface area contributed by atoms with Crippen LogP contribution in [-0.2, 0) is 11.2 Å². The van der Waals surface area contributed by atoms with Crippen LogP contribution in [0.25, 0.3) is 0 Å². The van der Waals surface area contributed by atoms with E-state index in [-0.39, 0.29) is 12.3 Å². The Morgan fingerprint density at radius 2 is 1.86 bits per heavy atom. The molecule has 2 aliphatic heterocycles. The second-order valence-electron chi connectivity index (χ2n) is 6.83. The van der Waals surface area contributed by atoms with Gasteiger partial charge >= 0.3 is 0 Å². The number of amides is 1. The standard InChI is InChI=1S/C20H21Cl2N3O3/c21-15-2-3-18(23-13-15)24-4-6-25(7-5-24)19(26)12-14-10-16(22)20-17(11-14)27-8-1-9-28-20/h2-3,10-11,13H,1,4-9,12H2. The number of fused-ring (bicyclic) bond motifs is 1. The zero-order chi connectivity index (χ0) is 19.5. The third kappa shape index (κ3) is 4.28. The van der Waals surface area contributed by atoms with Crippen LogP contribution in [0.15, 0.2) is 30.5 Å². The van der Waals surface area contributed by atoms with Crippen molar-refractivity contribution in [3.63, 3.8) is 0 Å². The Bertz CT molecular complexity index is 853. The molecule has 6 nitrogen and oxygen atoms in total. The molecule has 3 heterocycles. The van der Waals surface area contributed by atoms with E-state index in [1.54, 1.807) is 12.3 Å². The van der Waals surface area contributed by atoms with Crippen molar-refractivity contribution in [2.45, 2.75) is 12.8 Å². The highest BCUT2D eigenvalue weighted by Crippen LogP contribution is 2.38. The molecule has 0 saturated carbocycles. The number of carbonyl (C=O) groups is 1. The molecule has 0 unspecified atom stereocenters. The molecule has 2 aromatic rings. The van der Waals surface area contributed by atoms with Crippen LogP contribution < -0.4 is 14.4 Å². The fourth-order valence-corrected chi connectivity index (χ4v) is 3.81. The predicted octanol–water partition coefficient (Wildman–Crippen LogP) is 3.44. The molecule has 0 N–H and O–H groups in total. The van der Waals surface area contributed by atoms with E-state index in [0.717, 1.165) is 30.9 Å². The third-order valence-electron chi connectivity index (χ3n) is 4.89. The first-order valence-corrected chi connectivity index (χ1v) is 10.1. The van der Waals surface area contributed by atoms with E-state index >= 15 is 0 Å². The molecule has 28 heavy (non-hydrogen) atoms. The van der Waals surface area contributed by atoms with Gasteiger partial charge in [-0.1, -0.05) is 23.2 Å². The molecule has 8 heteroatoms. The monoisotopic (exact) mass is 421 g/mol. The van der Waals surface area contributed by atoms with Crippen molar-refractivity contribution in [1.82, 2.24) is 9.88 Å². The molecule has 1 saturated heterocycles. The van der Waals surface area contributed by atoms with E-state index in [1.165, 1.54) is 0 Å². The van der Waals surface area contributed by atoms with Crippen molar-refractivity contribution in [3.8, 4) is 11.5 Å². The normalized spacial score (nSPS) is 16.6. The lowest BCUT2D eigenvalue weighted by atomic mass is 10.1. The number of benzene rings is 1. The molecule has 1 aromatic carbocycles. The quantitative estimate of drug-likeness (QED) is 0.759. The predicted molar refractivity (Wildman–Crippen MR) is 109 cm³/mol. The van der Waals surface area contributed by atoms with Crippen molar-refractivity contribution >= 4 is 34.9 Å². The molecule has 4 rings (SSSR count). The second-order valence-corrected chi connectivity index (χ2v) is 7.68. The first-order chi connectivity index (χ1) is 13.6. The maximum Gasteiger partial charge on any atom is 0.227 e. The van der Waals surface area contributed by atoms with Crippen molar-refractivity contribution in [2.75, 3.05) is 44.3 Å². The highest BCUT2D eigenvalue weighted by Gasteiger charge is 2.23. The Morgan fingerprint density at radius 1 is 1.07 bits per heavy atom. The van der Waals surface area contributed by atoms with Crippen LogP contribution in [0, 0.1) is 0 Å². The average molecular weight is 422 g/mol. The summed E-state index contributed by atoms with van der Waals surface area (Å²) in [4.78, 5) is 21.1. The van der Waals surface area contributed by atoms with E-state index in [1.807, 2.05) is 23.1 Å². The number of piperazine rings is 1. The fraction of sp³-hybridized carbons (Fsp3) is 0.400. The van der Waals surface area contributed by atoms with Gasteiger partial charge in [0, 0.05) is 38.8 Å². The molecule has 1 fully saturated rings. The summed E-state index contributed by atoms with van der Waals surface area (Å²) in [6.07, 6.45) is 2.74. The lowest BCUT2D eigenvalue weighted by molar-refractivity contribution is -0.130. The summed E-state index contributed by atoms with van der Waals surface area (Å²) in [6, 6.07) is 7.38. The topological polar surface area (TPSA) is 54.9 Å². The molecule has 0 radical (unpaired) electrons. The summed E-state index contributed by atoms with van der Waals surface area (Å²) in [5, 5.41) is 1.10. The number of hydrogen-bond acceptors (Lipinski definition) is 5. The van der Waals surface area contributed by atoms with Gasteiger partial charge in [0.1, 0.15) is 5.82 Å². The summed E-state index contributed by atoms with van der Waals surface area (Å²) >= 11 is 12.2. The molecule has 2 aliphatic rings. The summed E-state index contributed by atoms with van der Waals surface area (Å²) in [7, 11) is 0. The minimum Gasteiger partial charge on any atom is -0.489 e. The highest BCUT2D eigenvalue weighted by atomic mass is 35.5. The molecule has 0 bridgehead atoms. The lowest BCUT2D eigenvalue weighted by Gasteiger charge is -2.35. The number of ether oxygens (including phenoxy) is 2. The Hall–Kier alpha value is -2.18. The van der Waals surface area contributed by atoms with Gasteiger partial charge in [0.2, 0.25) is 5.91 Å². The first-order valence-electron chi connectivity index (χ1n) is 9.32. The zero-order valence-corrected chi connectivity index (χ0v) is 16.9. The molecule has 1 amide bonds. The van der Waals surface area contributed by atoms with Gasteiger partial charge in [-0.25, -0.2) is 4.98 Å². The fourth-order valence-electron chi connectivity index (χ4n) is 3.41. The number of halogens is 2. The number of rotatable bonds is 3. The van der Waals surface area contributed by atoms with Crippen molar-refractivity contribution < 1.29 is 14.3 Å². The maximum atomic E-state index is 12.8. The van der Waals surface area contributed by atoms with Gasteiger partial charge in [0.05, 0.1) is 29.7 Å². The Balaban J connectivity index is 1.38. The first kappa shape index (κ1) is 19.2. The molecule has 0 aliphatic carbocycles. The summed E-state index contributed by atoms with van der Waals surface area (Å²) < 4.78 is 11.4. The van der Waals surface area contributed by atoms with E-state index < -0.39 is 0 Å². The van der Waals surface area contributed by atoms with Crippen LogP contribution >= 0.6 is 23.2 Å². The van der Waals surface area contributed by atoms with Crippen LogP contribution in [0.4, 0.5) is 5.82 Å². The molecule has 0 spiro atoms. The van der Waals surface area contributed by atoms with E-state index in [9.17, 15) is 4.79 Å². The zero-order valence-electron chi connectivity index (χ0n) is 15.4. The van der Waals surface area contributed by atoms with Gasteiger partial charge in [-0.15, -0.1) is 0 Å². The van der Waals surface area contributed by atoms with Crippen molar-refractivity contribution in [3.05, 3.63) is 46.1 Å². The third-order valence-corrected chi connectivity index (χ3v) is 5.39. The number of pyridine rings is 1. The van der Waals surface area contributed by atoms with Gasteiger partial charge in [0.15, 0.2) is 11.5 Å². The average Bonchev–Trinajstić information content (AvgIpc) is 2.95. The van der Waals surface area contributed by atoms with Gasteiger partial charge in [-0.05, 0) is 29.8 Å². The SMILES string of the molecule is O=C(Cc1cc(Cl)c2c(c1)OCCCO2)N1CCN(c2ccc(Cl)cn2)CC1. The number of carbonyl (C=O) groups excluding carboxylic acids is 1. The van der Waals surface area contributed by atoms with Crippen molar-refractivity contribution in [2.24, 2.45) is 0 Å². The number of anilines is 1. The largest absolute Gasteiger partial charge is 0.489 e. The maximum absolute atomic E-state index is 12.8. The molecule has 1 aromatic heterocycles. The molecule has 0 atom stereocenters. The summed E-state index contributed by atoms with van der Waals surface area (Å²) in [5.41, 5.74) is 0.834. The minimum atomic E-state index is 0.0780. The Kier molecular flexibility index (Phi) is 5.78. The van der Waals surface area contributed by atoms with E-state index in [0.29, 0.717) is 47.8 Å². The Morgan fingerprint density at radius 3 is 2.61 bits per heavy atom. The highest BCUT2D eigenvalue weighted by molar-refractivity contribution is 6.32. The van der Waals surface area contributed by atoms with Crippen LogP contribution in [0.2, 0.25) is 10.0 Å². The lowest BCUT2D eigenvalue weighted by Crippen LogP contribution is -2.49. The van der Waals surface area contributed by atoms with Crippen LogP contribution in [0.1, 0.15) is 12.0 Å². The number of nitrogens with zero attached hydrogens (tertiary/aromatic N) is 3. The van der Waals surface area contributed by atoms with Crippen LogP contribution in [0.3, 0.4) is 0 Å². The van der Waals surface area contributed by atoms with Crippen LogP contribution in [0.5, 0.6) is 11.5 Å². The van der Waals surface area contributed by atoms with Gasteiger partial charge in [0.25, 0.3) is 0 Å². The smallest absolute Gasteiger partial charge is 0.227 e. The van der Waals surface area contributed by atoms with E-state index in [2.05, 4.69) is 9.88 Å². The van der Waals surface area contributed by atoms with Gasteiger partial charge < -0.3 is 19.3 Å². The van der Waals surface area contributed by atoms with Gasteiger partial charge in [-0.2, -0.15) is 0 Å². The van der Waals surface area contributed by atoms with Gasteiger partial charge in [-0.3, -0.25) is 4.79 Å². The van der Waals surface area contributed by atoms with E-state index in [4.69, 9.17) is 32.7 Å². The second kappa shape index (κ2) is 8.45. The molecular formula is C20H21Cl2N3O3. The molecular weight excluding hydrogens is 401 g/mol.